The van der Waals surface area contributed by atoms with Crippen LogP contribution in [0.4, 0.5) is 0 Å². The lowest BCUT2D eigenvalue weighted by atomic mass is 10.2. The first kappa shape index (κ1) is 16.3. The Morgan fingerprint density at radius 1 is 1.33 bits per heavy atom. The number of hydrogen-bond acceptors (Lipinski definition) is 3. The van der Waals surface area contributed by atoms with Crippen LogP contribution in [0.15, 0.2) is 0 Å². The van der Waals surface area contributed by atoms with E-state index in [0.29, 0.717) is 0 Å². The fourth-order valence-electron chi connectivity index (χ4n) is 2.66. The summed E-state index contributed by atoms with van der Waals surface area (Å²) in [6.45, 7) is 8.50. The van der Waals surface area contributed by atoms with Gasteiger partial charge in [-0.1, -0.05) is 13.3 Å². The Morgan fingerprint density at radius 3 is 2.71 bits per heavy atom. The number of ether oxygens (including phenoxy) is 1. The maximum atomic E-state index is 6.31. The molecule has 0 aliphatic rings. The van der Waals surface area contributed by atoms with Crippen molar-refractivity contribution in [1.29, 1.82) is 0 Å². The van der Waals surface area contributed by atoms with Gasteiger partial charge in [0, 0.05) is 26.8 Å². The third kappa shape index (κ3) is 3.40. The van der Waals surface area contributed by atoms with Crippen molar-refractivity contribution >= 4 is 22.8 Å². The summed E-state index contributed by atoms with van der Waals surface area (Å²) in [6.07, 6.45) is 2.96. The summed E-state index contributed by atoms with van der Waals surface area (Å²) in [4.78, 5) is 4.76. The minimum atomic E-state index is -0.112. The van der Waals surface area contributed by atoms with Gasteiger partial charge in [0.05, 0.1) is 11.1 Å². The van der Waals surface area contributed by atoms with Gasteiger partial charge in [-0.3, -0.25) is 4.68 Å². The Labute approximate surface area is 131 Å². The second-order valence-corrected chi connectivity index (χ2v) is 5.94. The fraction of sp³-hybridized carbons (Fsp3) is 0.733. The zero-order valence-corrected chi connectivity index (χ0v) is 14.2. The smallest absolute Gasteiger partial charge is 0.158 e. The monoisotopic (exact) mass is 312 g/mol. The molecule has 0 saturated carbocycles. The molecule has 2 rings (SSSR count). The van der Waals surface area contributed by atoms with Gasteiger partial charge >= 0.3 is 0 Å². The third-order valence-corrected chi connectivity index (χ3v) is 3.73. The zero-order chi connectivity index (χ0) is 15.4. The first-order valence-electron chi connectivity index (χ1n) is 7.73. The summed E-state index contributed by atoms with van der Waals surface area (Å²) in [5.74, 6) is 0.925. The highest BCUT2D eigenvalue weighted by Gasteiger charge is 2.20. The number of imidazole rings is 1. The molecule has 1 atom stereocenters. The van der Waals surface area contributed by atoms with Gasteiger partial charge in [0.2, 0.25) is 0 Å². The van der Waals surface area contributed by atoms with Crippen LogP contribution in [0.3, 0.4) is 0 Å². The molecule has 0 aromatic carbocycles. The van der Waals surface area contributed by atoms with Crippen molar-refractivity contribution in [3.63, 3.8) is 0 Å². The molecule has 0 spiro atoms. The maximum Gasteiger partial charge on any atom is 0.158 e. The van der Waals surface area contributed by atoms with Crippen molar-refractivity contribution in [3.05, 3.63) is 11.5 Å². The lowest BCUT2D eigenvalue weighted by Gasteiger charge is -2.11. The molecule has 118 valence electrons. The molecule has 0 bridgehead atoms. The molecule has 0 aliphatic carbocycles. The van der Waals surface area contributed by atoms with E-state index in [1.165, 1.54) is 0 Å². The molecule has 6 heteroatoms. The van der Waals surface area contributed by atoms with Gasteiger partial charge in [-0.25, -0.2) is 4.98 Å². The van der Waals surface area contributed by atoms with E-state index in [2.05, 4.69) is 16.6 Å². The predicted molar refractivity (Wildman–Crippen MR) is 85.9 cm³/mol. The summed E-state index contributed by atoms with van der Waals surface area (Å²) in [7, 11) is 1.98. The highest BCUT2D eigenvalue weighted by molar-refractivity contribution is 6.20. The van der Waals surface area contributed by atoms with Crippen molar-refractivity contribution in [2.75, 3.05) is 13.2 Å². The minimum absolute atomic E-state index is 0.112. The highest BCUT2D eigenvalue weighted by atomic mass is 35.5. The van der Waals surface area contributed by atoms with Crippen molar-refractivity contribution in [1.82, 2.24) is 19.3 Å². The summed E-state index contributed by atoms with van der Waals surface area (Å²) in [5, 5.41) is 4.49. The lowest BCUT2D eigenvalue weighted by molar-refractivity contribution is 0.141. The lowest BCUT2D eigenvalue weighted by Crippen LogP contribution is -2.10. The Morgan fingerprint density at radius 2 is 2.10 bits per heavy atom. The van der Waals surface area contributed by atoms with E-state index in [4.69, 9.17) is 21.3 Å². The van der Waals surface area contributed by atoms with Crippen LogP contribution < -0.4 is 0 Å². The van der Waals surface area contributed by atoms with Gasteiger partial charge in [-0.15, -0.1) is 11.6 Å². The second kappa shape index (κ2) is 7.27. The number of rotatable bonds is 8. The van der Waals surface area contributed by atoms with E-state index in [0.717, 1.165) is 61.7 Å². The number of hydrogen-bond donors (Lipinski definition) is 0. The largest absolute Gasteiger partial charge is 0.382 e. The van der Waals surface area contributed by atoms with E-state index in [9.17, 15) is 0 Å². The van der Waals surface area contributed by atoms with Crippen molar-refractivity contribution in [3.8, 4) is 0 Å². The van der Waals surface area contributed by atoms with Crippen LogP contribution in [0.2, 0.25) is 0 Å². The number of halogens is 1. The highest BCUT2D eigenvalue weighted by Crippen LogP contribution is 2.27. The van der Waals surface area contributed by atoms with E-state index in [1.807, 2.05) is 25.6 Å². The van der Waals surface area contributed by atoms with E-state index >= 15 is 0 Å². The van der Waals surface area contributed by atoms with Gasteiger partial charge in [-0.05, 0) is 26.7 Å². The van der Waals surface area contributed by atoms with Gasteiger partial charge in [0.1, 0.15) is 11.3 Å². The topological polar surface area (TPSA) is 44.9 Å². The fourth-order valence-corrected chi connectivity index (χ4v) is 2.82. The van der Waals surface area contributed by atoms with Crippen LogP contribution in [0.5, 0.6) is 0 Å². The van der Waals surface area contributed by atoms with Crippen LogP contribution in [0.1, 0.15) is 50.5 Å². The Hall–Kier alpha value is -1.07. The normalized spacial score (nSPS) is 13.2. The van der Waals surface area contributed by atoms with Crippen LogP contribution in [-0.2, 0) is 24.8 Å². The molecule has 0 fully saturated rings. The molecule has 0 amide bonds. The summed E-state index contributed by atoms with van der Waals surface area (Å²) in [6, 6.07) is 0. The van der Waals surface area contributed by atoms with Crippen LogP contribution in [-0.4, -0.2) is 32.5 Å². The zero-order valence-electron chi connectivity index (χ0n) is 13.4. The van der Waals surface area contributed by atoms with Crippen molar-refractivity contribution < 1.29 is 4.74 Å². The van der Waals surface area contributed by atoms with E-state index < -0.39 is 0 Å². The van der Waals surface area contributed by atoms with Crippen LogP contribution in [0, 0.1) is 0 Å². The number of fused-ring (bicyclic) bond motifs is 1. The average molecular weight is 313 g/mol. The van der Waals surface area contributed by atoms with Gasteiger partial charge in [-0.2, -0.15) is 5.10 Å². The van der Waals surface area contributed by atoms with Crippen molar-refractivity contribution in [2.45, 2.75) is 52.0 Å². The SMILES string of the molecule is CCCc1nn(C)c2c1nc(C(C)Cl)n2CCCOCC. The Balaban J connectivity index is 2.37. The molecule has 21 heavy (non-hydrogen) atoms. The molecule has 1 unspecified atom stereocenters. The Kier molecular flexibility index (Phi) is 5.65. The van der Waals surface area contributed by atoms with Gasteiger partial charge in [0.25, 0.3) is 0 Å². The van der Waals surface area contributed by atoms with Gasteiger partial charge < -0.3 is 9.30 Å². The molecule has 5 nitrogen and oxygen atoms in total. The first-order valence-corrected chi connectivity index (χ1v) is 8.17. The summed E-state index contributed by atoms with van der Waals surface area (Å²) >= 11 is 6.31. The van der Waals surface area contributed by atoms with E-state index in [1.54, 1.807) is 0 Å². The third-order valence-electron chi connectivity index (χ3n) is 3.54. The predicted octanol–water partition coefficient (Wildman–Crippen LogP) is 3.45. The molecular formula is C15H25ClN4O. The average Bonchev–Trinajstić information content (AvgIpc) is 2.95. The first-order chi connectivity index (χ1) is 10.1. The molecule has 2 heterocycles. The quantitative estimate of drug-likeness (QED) is 0.554. The molecule has 0 saturated heterocycles. The summed E-state index contributed by atoms with van der Waals surface area (Å²) < 4.78 is 9.55. The molecule has 2 aromatic heterocycles. The molecule has 0 N–H and O–H groups in total. The standard InChI is InChI=1S/C15H25ClN4O/c1-5-8-12-13-15(19(4)18-12)20(9-7-10-21-6-2)14(17-13)11(3)16/h11H,5-10H2,1-4H3. The molecule has 0 aliphatic heterocycles. The number of aromatic nitrogens is 4. The second-order valence-electron chi connectivity index (χ2n) is 5.28. The van der Waals surface area contributed by atoms with Crippen molar-refractivity contribution in [2.24, 2.45) is 7.05 Å². The van der Waals surface area contributed by atoms with Gasteiger partial charge in [0.15, 0.2) is 5.65 Å². The molecule has 0 radical (unpaired) electrons. The number of nitrogens with zero attached hydrogens (tertiary/aromatic N) is 4. The van der Waals surface area contributed by atoms with E-state index in [-0.39, 0.29) is 5.38 Å². The number of aryl methyl sites for hydroxylation is 3. The summed E-state index contributed by atoms with van der Waals surface area (Å²) in [5.41, 5.74) is 3.13. The maximum absolute atomic E-state index is 6.31. The molecule has 2 aromatic rings. The minimum Gasteiger partial charge on any atom is -0.382 e. The Bertz CT molecular complexity index is 588. The number of alkyl halides is 1. The van der Waals surface area contributed by atoms with Crippen LogP contribution in [0.25, 0.3) is 11.2 Å². The molecular weight excluding hydrogens is 288 g/mol. The van der Waals surface area contributed by atoms with Crippen LogP contribution >= 0.6 is 11.6 Å².